The number of β-amino-alcohol motifs (C(OH)–C–C–N with tert-alkyl or cyclic N) is 1. The van der Waals surface area contributed by atoms with Crippen LogP contribution in [0.15, 0.2) is 48.2 Å². The molecule has 0 saturated carbocycles. The maximum atomic E-state index is 14.2. The third kappa shape index (κ3) is 4.46. The highest BCUT2D eigenvalue weighted by Gasteiger charge is 2.55. The summed E-state index contributed by atoms with van der Waals surface area (Å²) in [6.07, 6.45) is 3.71. The van der Waals surface area contributed by atoms with E-state index in [0.717, 1.165) is 66.4 Å². The van der Waals surface area contributed by atoms with Gasteiger partial charge in [0, 0.05) is 43.4 Å². The van der Waals surface area contributed by atoms with Crippen LogP contribution in [0.2, 0.25) is 0 Å². The monoisotopic (exact) mass is 509 g/mol. The average molecular weight is 510 g/mol. The number of urea groups is 1. The summed E-state index contributed by atoms with van der Waals surface area (Å²) in [4.78, 5) is 19.8. The summed E-state index contributed by atoms with van der Waals surface area (Å²) < 4.78 is 25.1. The first kappa shape index (κ1) is 25.5. The molecule has 8 heteroatoms. The molecule has 3 aliphatic heterocycles. The fourth-order valence-electron chi connectivity index (χ4n) is 6.33. The van der Waals surface area contributed by atoms with Gasteiger partial charge in [0.05, 0.1) is 32.9 Å². The van der Waals surface area contributed by atoms with Crippen LogP contribution in [0.4, 0.5) is 9.18 Å². The van der Waals surface area contributed by atoms with Gasteiger partial charge < -0.3 is 19.5 Å². The van der Waals surface area contributed by atoms with Crippen molar-refractivity contribution in [1.29, 1.82) is 0 Å². The zero-order valence-electron chi connectivity index (χ0n) is 22.1. The minimum atomic E-state index is -0.500. The lowest BCUT2D eigenvalue weighted by Gasteiger charge is -2.45. The van der Waals surface area contributed by atoms with Crippen LogP contribution in [0.25, 0.3) is 0 Å². The summed E-state index contributed by atoms with van der Waals surface area (Å²) in [7, 11) is 3.30. The number of ether oxygens (including phenoxy) is 2. The Hall–Kier alpha value is -3.10. The summed E-state index contributed by atoms with van der Waals surface area (Å²) in [6.45, 7) is 7.09. The maximum absolute atomic E-state index is 14.2. The number of carbonyl (C=O) groups is 1. The van der Waals surface area contributed by atoms with Crippen LogP contribution in [0, 0.1) is 5.82 Å². The Kier molecular flexibility index (Phi) is 6.66. The third-order valence-corrected chi connectivity index (χ3v) is 8.16. The van der Waals surface area contributed by atoms with Crippen molar-refractivity contribution in [3.63, 3.8) is 0 Å². The molecule has 2 aromatic carbocycles. The maximum Gasteiger partial charge on any atom is 0.325 e. The molecule has 5 rings (SSSR count). The number of halogens is 1. The number of allylic oxidation sites excluding steroid dienone is 1. The molecular weight excluding hydrogens is 473 g/mol. The van der Waals surface area contributed by atoms with Crippen LogP contribution in [-0.2, 0) is 18.5 Å². The number of hydrogen-bond donors (Lipinski definition) is 1. The Balaban J connectivity index is 1.45. The molecule has 0 atom stereocenters. The molecule has 2 amide bonds. The summed E-state index contributed by atoms with van der Waals surface area (Å²) in [6, 6.07) is 10.7. The first-order valence-corrected chi connectivity index (χ1v) is 12.9. The number of benzene rings is 2. The molecule has 0 radical (unpaired) electrons. The number of piperidine rings is 1. The average Bonchev–Trinajstić information content (AvgIpc) is 2.99. The minimum absolute atomic E-state index is 0.101. The van der Waals surface area contributed by atoms with Gasteiger partial charge in [-0.15, -0.1) is 0 Å². The van der Waals surface area contributed by atoms with E-state index in [0.29, 0.717) is 6.54 Å². The number of carbonyl (C=O) groups excluding carboxylic acids is 1. The van der Waals surface area contributed by atoms with E-state index in [1.165, 1.54) is 6.07 Å². The molecule has 1 N–H and O–H groups in total. The van der Waals surface area contributed by atoms with Crippen LogP contribution in [0.3, 0.4) is 0 Å². The van der Waals surface area contributed by atoms with Gasteiger partial charge in [0.2, 0.25) is 0 Å². The minimum Gasteiger partial charge on any atom is -0.497 e. The van der Waals surface area contributed by atoms with Gasteiger partial charge in [-0.2, -0.15) is 0 Å². The van der Waals surface area contributed by atoms with Crippen LogP contribution in [0.5, 0.6) is 11.5 Å². The molecule has 0 aliphatic carbocycles. The van der Waals surface area contributed by atoms with Gasteiger partial charge in [-0.05, 0) is 53.8 Å². The van der Waals surface area contributed by atoms with Gasteiger partial charge >= 0.3 is 6.03 Å². The molecule has 7 nitrogen and oxygen atoms in total. The van der Waals surface area contributed by atoms with E-state index in [9.17, 15) is 14.3 Å². The molecule has 2 fully saturated rings. The molecule has 3 aliphatic rings. The van der Waals surface area contributed by atoms with E-state index in [4.69, 9.17) is 9.47 Å². The topological polar surface area (TPSA) is 65.5 Å². The van der Waals surface area contributed by atoms with Crippen LogP contribution in [-0.4, -0.2) is 71.8 Å². The molecule has 2 saturated heterocycles. The SMILES string of the molecule is COc1cc(CN2CCC3(CC2)C2=CC(C)(C)c4ccc(F)cc4CN2C(=O)N3CCO)cc(OC)c1. The summed E-state index contributed by atoms with van der Waals surface area (Å²) in [5.41, 5.74) is 3.09. The predicted molar refractivity (Wildman–Crippen MR) is 139 cm³/mol. The van der Waals surface area contributed by atoms with Gasteiger partial charge in [0.25, 0.3) is 0 Å². The van der Waals surface area contributed by atoms with Crippen LogP contribution >= 0.6 is 0 Å². The van der Waals surface area contributed by atoms with E-state index >= 15 is 0 Å². The largest absolute Gasteiger partial charge is 0.497 e. The number of hydrogen-bond acceptors (Lipinski definition) is 5. The fraction of sp³-hybridized carbons (Fsp3) is 0.483. The molecule has 2 aromatic rings. The van der Waals surface area contributed by atoms with Crippen molar-refractivity contribution in [2.45, 2.75) is 50.7 Å². The number of rotatable bonds is 6. The molecule has 0 aromatic heterocycles. The lowest BCUT2D eigenvalue weighted by molar-refractivity contribution is 0.0744. The van der Waals surface area contributed by atoms with Gasteiger partial charge in [-0.25, -0.2) is 9.18 Å². The predicted octanol–water partition coefficient (Wildman–Crippen LogP) is 4.28. The van der Waals surface area contributed by atoms with E-state index in [-0.39, 0.29) is 30.4 Å². The fourth-order valence-corrected chi connectivity index (χ4v) is 6.33. The van der Waals surface area contributed by atoms with Crippen molar-refractivity contribution in [1.82, 2.24) is 14.7 Å². The van der Waals surface area contributed by atoms with Gasteiger partial charge in [0.15, 0.2) is 0 Å². The van der Waals surface area contributed by atoms with Crippen LogP contribution < -0.4 is 9.47 Å². The van der Waals surface area contributed by atoms with Crippen molar-refractivity contribution in [3.05, 3.63) is 70.7 Å². The summed E-state index contributed by atoms with van der Waals surface area (Å²) >= 11 is 0. The highest BCUT2D eigenvalue weighted by atomic mass is 19.1. The molecule has 0 bridgehead atoms. The summed E-state index contributed by atoms with van der Waals surface area (Å²) in [5, 5.41) is 9.87. The second-order valence-corrected chi connectivity index (χ2v) is 10.8. The second-order valence-electron chi connectivity index (χ2n) is 10.8. The van der Waals surface area contributed by atoms with Gasteiger partial charge in [-0.1, -0.05) is 26.0 Å². The van der Waals surface area contributed by atoms with Crippen molar-refractivity contribution in [2.24, 2.45) is 0 Å². The number of aliphatic hydroxyl groups excluding tert-OH is 1. The highest BCUT2D eigenvalue weighted by molar-refractivity contribution is 5.83. The zero-order valence-corrected chi connectivity index (χ0v) is 22.1. The lowest BCUT2D eigenvalue weighted by atomic mass is 9.77. The Morgan fingerprint density at radius 1 is 1.03 bits per heavy atom. The van der Waals surface area contributed by atoms with Gasteiger partial charge in [-0.3, -0.25) is 9.80 Å². The second kappa shape index (κ2) is 9.65. The highest BCUT2D eigenvalue weighted by Crippen LogP contribution is 2.48. The number of fused-ring (bicyclic) bond motifs is 3. The van der Waals surface area contributed by atoms with E-state index in [1.54, 1.807) is 20.3 Å². The van der Waals surface area contributed by atoms with Gasteiger partial charge in [0.1, 0.15) is 17.3 Å². The standard InChI is InChI=1S/C29H36FN3O4/c1-28(2)17-26-29(7-9-31(10-8-29)18-20-13-23(36-3)16-24(14-20)37-4)33(11-12-34)27(35)32(26)19-21-15-22(30)5-6-25(21)28/h5-6,13-17,34H,7-12,18-19H2,1-4H3. The third-order valence-electron chi connectivity index (χ3n) is 8.16. The summed E-state index contributed by atoms with van der Waals surface area (Å²) in [5.74, 6) is 1.22. The first-order valence-electron chi connectivity index (χ1n) is 12.9. The van der Waals surface area contributed by atoms with Crippen LogP contribution in [0.1, 0.15) is 43.4 Å². The van der Waals surface area contributed by atoms with E-state index in [2.05, 4.69) is 24.8 Å². The smallest absolute Gasteiger partial charge is 0.325 e. The Labute approximate surface area is 218 Å². The Morgan fingerprint density at radius 3 is 2.32 bits per heavy atom. The number of methoxy groups -OCH3 is 2. The zero-order chi connectivity index (χ0) is 26.4. The van der Waals surface area contributed by atoms with Crippen molar-refractivity contribution in [2.75, 3.05) is 40.5 Å². The number of likely N-dealkylation sites (tertiary alicyclic amines) is 1. The molecule has 1 spiro atoms. The molecular formula is C29H36FN3O4. The molecule has 198 valence electrons. The van der Waals surface area contributed by atoms with Crippen molar-refractivity contribution < 1.29 is 23.8 Å². The quantitative estimate of drug-likeness (QED) is 0.630. The Bertz CT molecular complexity index is 1200. The molecule has 3 heterocycles. The van der Waals surface area contributed by atoms with E-state index < -0.39 is 5.54 Å². The number of nitrogens with zero attached hydrogens (tertiary/aromatic N) is 3. The number of aliphatic hydroxyl groups is 1. The molecule has 0 unspecified atom stereocenters. The number of amides is 2. The van der Waals surface area contributed by atoms with E-state index in [1.807, 2.05) is 34.1 Å². The normalized spacial score (nSPS) is 20.4. The lowest BCUT2D eigenvalue weighted by Crippen LogP contribution is -2.54. The first-order chi connectivity index (χ1) is 17.7. The Morgan fingerprint density at radius 2 is 1.70 bits per heavy atom. The molecule has 37 heavy (non-hydrogen) atoms. The van der Waals surface area contributed by atoms with Crippen molar-refractivity contribution >= 4 is 6.03 Å². The van der Waals surface area contributed by atoms with Crippen molar-refractivity contribution in [3.8, 4) is 11.5 Å².